The number of amides is 1. The Morgan fingerprint density at radius 3 is 2.67 bits per heavy atom. The number of hydrogen-bond acceptors (Lipinski definition) is 5. The molecule has 1 amide bonds. The van der Waals surface area contributed by atoms with Gasteiger partial charge in [-0.15, -0.1) is 11.3 Å². The Kier molecular flexibility index (Phi) is 6.25. The van der Waals surface area contributed by atoms with E-state index in [4.69, 9.17) is 10.8 Å². The van der Waals surface area contributed by atoms with Crippen molar-refractivity contribution in [2.24, 2.45) is 5.73 Å². The van der Waals surface area contributed by atoms with Gasteiger partial charge in [0, 0.05) is 23.2 Å². The number of carbonyl (C=O) groups excluding carboxylic acids is 1. The molecule has 0 saturated carbocycles. The summed E-state index contributed by atoms with van der Waals surface area (Å²) in [6, 6.07) is 3.52. The van der Waals surface area contributed by atoms with Gasteiger partial charge in [-0.3, -0.25) is 4.79 Å². The van der Waals surface area contributed by atoms with Crippen molar-refractivity contribution in [2.45, 2.75) is 25.7 Å². The smallest absolute Gasteiger partial charge is 0.390 e. The van der Waals surface area contributed by atoms with Gasteiger partial charge in [-0.05, 0) is 30.7 Å². The minimum Gasteiger partial charge on any atom is -0.390 e. The molecule has 0 bridgehead atoms. The maximum atomic E-state index is 13.9. The highest BCUT2D eigenvalue weighted by Gasteiger charge is 2.34. The van der Waals surface area contributed by atoms with E-state index in [0.717, 1.165) is 12.1 Å². The second-order valence-electron chi connectivity index (χ2n) is 6.53. The number of aliphatic hydroxyl groups excluding tert-OH is 1. The van der Waals surface area contributed by atoms with E-state index in [1.165, 1.54) is 11.3 Å². The van der Waals surface area contributed by atoms with Crippen LogP contribution in [0.15, 0.2) is 29.6 Å². The Morgan fingerprint density at radius 2 is 2.10 bits per heavy atom. The summed E-state index contributed by atoms with van der Waals surface area (Å²) in [4.78, 5) is 19.7. The summed E-state index contributed by atoms with van der Waals surface area (Å²) in [7, 11) is 0. The molecule has 5 N–H and O–H groups in total. The molecule has 1 unspecified atom stereocenters. The maximum Gasteiger partial charge on any atom is 0.419 e. The molecule has 0 aliphatic heterocycles. The Hall–Kier alpha value is -2.76. The molecule has 0 aliphatic rings. The van der Waals surface area contributed by atoms with Crippen LogP contribution in [0.3, 0.4) is 0 Å². The summed E-state index contributed by atoms with van der Waals surface area (Å²) in [5, 5.41) is 14.0. The molecule has 3 rings (SSSR count). The van der Waals surface area contributed by atoms with Gasteiger partial charge in [-0.2, -0.15) is 13.2 Å². The molecule has 160 valence electrons. The molecule has 3 aromatic rings. The monoisotopic (exact) mass is 442 g/mol. The van der Waals surface area contributed by atoms with E-state index < -0.39 is 29.5 Å². The van der Waals surface area contributed by atoms with Gasteiger partial charge in [-0.1, -0.05) is 6.07 Å². The fourth-order valence-corrected chi connectivity index (χ4v) is 3.74. The lowest BCUT2D eigenvalue weighted by molar-refractivity contribution is -0.139. The number of nitrogens with zero attached hydrogens (tertiary/aromatic N) is 1. The summed E-state index contributed by atoms with van der Waals surface area (Å²) in [6.07, 6.45) is -4.79. The molecule has 0 aliphatic carbocycles. The Morgan fingerprint density at radius 1 is 1.37 bits per heavy atom. The third kappa shape index (κ3) is 4.53. The number of benzene rings is 1. The standard InChI is InChI=1S/C19H18F4N4O2S/c1-9-4-14(10-2-3-12(13(20)5-10)19(21,22)23)26-16(9)17(29)27-15(6-24)18-25-11(7-28)8-30-18/h2-5,8,15,26,28H,6-7,24H2,1H3,(H,27,29). The molecule has 2 aromatic heterocycles. The molecule has 0 spiro atoms. The SMILES string of the molecule is Cc1cc(-c2ccc(C(F)(F)F)c(F)c2)[nH]c1C(=O)NC(CN)c1nc(CO)cs1. The highest BCUT2D eigenvalue weighted by Crippen LogP contribution is 2.33. The summed E-state index contributed by atoms with van der Waals surface area (Å²) < 4.78 is 52.1. The predicted molar refractivity (Wildman–Crippen MR) is 103 cm³/mol. The van der Waals surface area contributed by atoms with Gasteiger partial charge in [0.1, 0.15) is 16.5 Å². The van der Waals surface area contributed by atoms with E-state index in [0.29, 0.717) is 28.0 Å². The van der Waals surface area contributed by atoms with Gasteiger partial charge in [0.05, 0.1) is 23.9 Å². The van der Waals surface area contributed by atoms with E-state index in [-0.39, 0.29) is 24.4 Å². The van der Waals surface area contributed by atoms with Crippen molar-refractivity contribution in [1.82, 2.24) is 15.3 Å². The fraction of sp³-hybridized carbons (Fsp3) is 0.263. The number of halogens is 4. The van der Waals surface area contributed by atoms with Crippen molar-refractivity contribution in [3.63, 3.8) is 0 Å². The number of hydrogen-bond donors (Lipinski definition) is 4. The van der Waals surface area contributed by atoms with Crippen LogP contribution in [0, 0.1) is 12.7 Å². The van der Waals surface area contributed by atoms with Crippen molar-refractivity contribution in [1.29, 1.82) is 0 Å². The number of nitrogens with one attached hydrogen (secondary N) is 2. The van der Waals surface area contributed by atoms with Gasteiger partial charge < -0.3 is 21.1 Å². The van der Waals surface area contributed by atoms with Gasteiger partial charge in [0.2, 0.25) is 0 Å². The molecule has 1 atom stereocenters. The number of H-pyrrole nitrogens is 1. The second-order valence-corrected chi connectivity index (χ2v) is 7.42. The number of aromatic nitrogens is 2. The molecule has 0 radical (unpaired) electrons. The van der Waals surface area contributed by atoms with Gasteiger partial charge in [0.15, 0.2) is 0 Å². The molecule has 0 fully saturated rings. The first-order chi connectivity index (χ1) is 14.1. The van der Waals surface area contributed by atoms with Crippen molar-refractivity contribution < 1.29 is 27.5 Å². The number of aliphatic hydroxyl groups is 1. The summed E-state index contributed by atoms with van der Waals surface area (Å²) >= 11 is 1.25. The van der Waals surface area contributed by atoms with Gasteiger partial charge >= 0.3 is 6.18 Å². The van der Waals surface area contributed by atoms with Crippen molar-refractivity contribution in [3.8, 4) is 11.3 Å². The van der Waals surface area contributed by atoms with Crippen molar-refractivity contribution in [3.05, 3.63) is 63.0 Å². The van der Waals surface area contributed by atoms with Crippen LogP contribution < -0.4 is 11.1 Å². The average molecular weight is 442 g/mol. The van der Waals surface area contributed by atoms with Crippen LogP contribution in [-0.2, 0) is 12.8 Å². The number of aromatic amines is 1. The third-order valence-corrected chi connectivity index (χ3v) is 5.41. The first-order valence-electron chi connectivity index (χ1n) is 8.76. The van der Waals surface area contributed by atoms with Crippen LogP contribution in [0.5, 0.6) is 0 Å². The van der Waals surface area contributed by atoms with Gasteiger partial charge in [0.25, 0.3) is 5.91 Å². The van der Waals surface area contributed by atoms with Crippen LogP contribution in [0.1, 0.15) is 38.4 Å². The molecule has 6 nitrogen and oxygen atoms in total. The zero-order chi connectivity index (χ0) is 22.1. The second kappa shape index (κ2) is 8.54. The predicted octanol–water partition coefficient (Wildman–Crippen LogP) is 3.53. The minimum atomic E-state index is -4.79. The lowest BCUT2D eigenvalue weighted by Gasteiger charge is -2.14. The minimum absolute atomic E-state index is 0.0703. The molecule has 2 heterocycles. The molecule has 1 aromatic carbocycles. The van der Waals surface area contributed by atoms with E-state index >= 15 is 0 Å². The van der Waals surface area contributed by atoms with E-state index in [1.807, 2.05) is 0 Å². The lowest BCUT2D eigenvalue weighted by atomic mass is 10.1. The van der Waals surface area contributed by atoms with Gasteiger partial charge in [-0.25, -0.2) is 9.37 Å². The third-order valence-electron chi connectivity index (χ3n) is 4.40. The van der Waals surface area contributed by atoms with E-state index in [2.05, 4.69) is 15.3 Å². The topological polar surface area (TPSA) is 104 Å². The van der Waals surface area contributed by atoms with E-state index in [1.54, 1.807) is 18.4 Å². The normalized spacial score (nSPS) is 12.8. The fourth-order valence-electron chi connectivity index (χ4n) is 2.87. The zero-order valence-electron chi connectivity index (χ0n) is 15.7. The van der Waals surface area contributed by atoms with Crippen LogP contribution >= 0.6 is 11.3 Å². The number of aryl methyl sites for hydroxylation is 1. The summed E-state index contributed by atoms with van der Waals surface area (Å²) in [5.74, 6) is -1.90. The Balaban J connectivity index is 1.83. The molecular weight excluding hydrogens is 424 g/mol. The summed E-state index contributed by atoms with van der Waals surface area (Å²) in [6.45, 7) is 1.48. The van der Waals surface area contributed by atoms with Crippen LogP contribution in [0.2, 0.25) is 0 Å². The van der Waals surface area contributed by atoms with Crippen molar-refractivity contribution in [2.75, 3.05) is 6.54 Å². The zero-order valence-corrected chi connectivity index (χ0v) is 16.5. The number of rotatable bonds is 6. The summed E-state index contributed by atoms with van der Waals surface area (Å²) in [5.41, 5.74) is 5.99. The molecule has 30 heavy (non-hydrogen) atoms. The first-order valence-corrected chi connectivity index (χ1v) is 9.64. The highest BCUT2D eigenvalue weighted by atomic mass is 32.1. The Bertz CT molecular complexity index is 1060. The number of nitrogens with two attached hydrogens (primary N) is 1. The number of thiazole rings is 1. The van der Waals surface area contributed by atoms with Crippen LogP contribution in [0.4, 0.5) is 17.6 Å². The number of alkyl halides is 3. The van der Waals surface area contributed by atoms with Crippen LogP contribution in [0.25, 0.3) is 11.3 Å². The first kappa shape index (κ1) is 21.9. The van der Waals surface area contributed by atoms with Crippen LogP contribution in [-0.4, -0.2) is 27.5 Å². The lowest BCUT2D eigenvalue weighted by Crippen LogP contribution is -2.33. The van der Waals surface area contributed by atoms with Crippen molar-refractivity contribution >= 4 is 17.2 Å². The quantitative estimate of drug-likeness (QED) is 0.439. The molecule has 0 saturated heterocycles. The largest absolute Gasteiger partial charge is 0.419 e. The molecule has 11 heteroatoms. The number of carbonyl (C=O) groups is 1. The highest BCUT2D eigenvalue weighted by molar-refractivity contribution is 7.09. The Labute approximate surface area is 172 Å². The maximum absolute atomic E-state index is 13.9. The molecular formula is C19H18F4N4O2S. The van der Waals surface area contributed by atoms with E-state index in [9.17, 15) is 22.4 Å². The average Bonchev–Trinajstić information content (AvgIpc) is 3.31.